The molecule has 1 aromatic carbocycles. The molecular weight excluding hydrogens is 362 g/mol. The monoisotopic (exact) mass is 401 g/mol. The van der Waals surface area contributed by atoms with Gasteiger partial charge in [-0.05, 0) is 52.5 Å². The number of rotatable bonds is 4. The van der Waals surface area contributed by atoms with Gasteiger partial charge in [-0.15, -0.1) is 0 Å². The van der Waals surface area contributed by atoms with E-state index in [9.17, 15) is 4.79 Å². The Balaban J connectivity index is 1.55. The van der Waals surface area contributed by atoms with E-state index in [0.717, 1.165) is 52.1 Å². The molecule has 0 saturated carbocycles. The summed E-state index contributed by atoms with van der Waals surface area (Å²) in [5.41, 5.74) is 1.14. The van der Waals surface area contributed by atoms with Gasteiger partial charge in [-0.25, -0.2) is 4.79 Å². The molecule has 0 aliphatic carbocycles. The van der Waals surface area contributed by atoms with Crippen LogP contribution in [0.4, 0.5) is 4.79 Å². The van der Waals surface area contributed by atoms with E-state index in [1.54, 1.807) is 0 Å². The molecule has 1 amide bonds. The first kappa shape index (κ1) is 22.1. The van der Waals surface area contributed by atoms with Crippen LogP contribution in [-0.4, -0.2) is 70.7 Å². The number of piperazine rings is 1. The predicted molar refractivity (Wildman–Crippen MR) is 118 cm³/mol. The van der Waals surface area contributed by atoms with E-state index in [2.05, 4.69) is 54.0 Å². The molecule has 5 nitrogen and oxygen atoms in total. The number of nitrogens with zero attached hydrogens (tertiary/aromatic N) is 3. The summed E-state index contributed by atoms with van der Waals surface area (Å²) in [5, 5.41) is 0. The summed E-state index contributed by atoms with van der Waals surface area (Å²) in [6.45, 7) is 16.4. The molecule has 2 fully saturated rings. The van der Waals surface area contributed by atoms with Gasteiger partial charge in [-0.3, -0.25) is 9.80 Å². The van der Waals surface area contributed by atoms with Crippen LogP contribution in [0, 0.1) is 0 Å². The standard InChI is InChI=1S/C24H39N3O2/c1-6-21-19-27(17-16-26(21)18-20-10-8-7-9-11-20)24(5)12-14-25(15-13-24)22(28)29-23(2,3)4/h7-11,21H,6,12-19H2,1-5H3/t21-/m0/s1. The topological polar surface area (TPSA) is 36.0 Å². The van der Waals surface area contributed by atoms with Crippen molar-refractivity contribution < 1.29 is 9.53 Å². The van der Waals surface area contributed by atoms with E-state index in [4.69, 9.17) is 4.74 Å². The molecule has 2 heterocycles. The molecule has 0 aromatic heterocycles. The van der Waals surface area contributed by atoms with E-state index >= 15 is 0 Å². The molecule has 2 saturated heterocycles. The van der Waals surface area contributed by atoms with Crippen molar-refractivity contribution in [2.24, 2.45) is 0 Å². The third kappa shape index (κ3) is 5.73. The average molecular weight is 402 g/mol. The highest BCUT2D eigenvalue weighted by Gasteiger charge is 2.40. The number of amides is 1. The van der Waals surface area contributed by atoms with Crippen LogP contribution >= 0.6 is 0 Å². The Morgan fingerprint density at radius 2 is 1.76 bits per heavy atom. The molecule has 0 spiro atoms. The summed E-state index contributed by atoms with van der Waals surface area (Å²) in [6.07, 6.45) is 3.03. The van der Waals surface area contributed by atoms with E-state index in [1.165, 1.54) is 12.0 Å². The number of carbonyl (C=O) groups is 1. The van der Waals surface area contributed by atoms with Gasteiger partial charge in [-0.2, -0.15) is 0 Å². The second kappa shape index (κ2) is 9.05. The van der Waals surface area contributed by atoms with Crippen molar-refractivity contribution in [1.29, 1.82) is 0 Å². The molecule has 29 heavy (non-hydrogen) atoms. The first-order chi connectivity index (χ1) is 13.7. The zero-order chi connectivity index (χ0) is 21.1. The second-order valence-electron chi connectivity index (χ2n) is 9.93. The summed E-state index contributed by atoms with van der Waals surface area (Å²) < 4.78 is 5.56. The van der Waals surface area contributed by atoms with Crippen LogP contribution in [0.1, 0.15) is 59.4 Å². The van der Waals surface area contributed by atoms with Crippen LogP contribution in [0.25, 0.3) is 0 Å². The zero-order valence-electron chi connectivity index (χ0n) is 19.0. The minimum absolute atomic E-state index is 0.168. The number of ether oxygens (including phenoxy) is 1. The fourth-order valence-corrected chi connectivity index (χ4v) is 4.61. The summed E-state index contributed by atoms with van der Waals surface area (Å²) in [6, 6.07) is 11.4. The Kier molecular flexibility index (Phi) is 6.90. The molecule has 3 rings (SSSR count). The van der Waals surface area contributed by atoms with Gasteiger partial charge in [0.15, 0.2) is 0 Å². The van der Waals surface area contributed by atoms with Gasteiger partial charge >= 0.3 is 6.09 Å². The minimum atomic E-state index is -0.429. The van der Waals surface area contributed by atoms with Gasteiger partial charge in [0.25, 0.3) is 0 Å². The van der Waals surface area contributed by atoms with Crippen LogP contribution in [0.3, 0.4) is 0 Å². The number of hydrogen-bond acceptors (Lipinski definition) is 4. The number of piperidine rings is 1. The number of hydrogen-bond donors (Lipinski definition) is 0. The summed E-state index contributed by atoms with van der Waals surface area (Å²) >= 11 is 0. The molecule has 0 N–H and O–H groups in total. The Morgan fingerprint density at radius 3 is 2.34 bits per heavy atom. The largest absolute Gasteiger partial charge is 0.444 e. The smallest absolute Gasteiger partial charge is 0.410 e. The van der Waals surface area contributed by atoms with Crippen molar-refractivity contribution in [2.45, 2.75) is 77.6 Å². The van der Waals surface area contributed by atoms with Gasteiger partial charge in [0.05, 0.1) is 0 Å². The van der Waals surface area contributed by atoms with Crippen LogP contribution in [-0.2, 0) is 11.3 Å². The molecular formula is C24H39N3O2. The highest BCUT2D eigenvalue weighted by Crippen LogP contribution is 2.32. The Morgan fingerprint density at radius 1 is 1.10 bits per heavy atom. The maximum atomic E-state index is 12.4. The predicted octanol–water partition coefficient (Wildman–Crippen LogP) is 4.37. The number of benzene rings is 1. The summed E-state index contributed by atoms with van der Waals surface area (Å²) in [7, 11) is 0. The fraction of sp³-hybridized carbons (Fsp3) is 0.708. The lowest BCUT2D eigenvalue weighted by molar-refractivity contribution is -0.0330. The molecule has 2 aliphatic rings. The molecule has 0 bridgehead atoms. The molecule has 0 radical (unpaired) electrons. The van der Waals surface area contributed by atoms with Crippen molar-refractivity contribution in [1.82, 2.24) is 14.7 Å². The average Bonchev–Trinajstić information content (AvgIpc) is 2.68. The molecule has 2 aliphatic heterocycles. The van der Waals surface area contributed by atoms with Crippen LogP contribution in [0.2, 0.25) is 0 Å². The molecule has 1 aromatic rings. The van der Waals surface area contributed by atoms with Crippen molar-refractivity contribution in [3.63, 3.8) is 0 Å². The lowest BCUT2D eigenvalue weighted by Crippen LogP contribution is -2.62. The van der Waals surface area contributed by atoms with Gasteiger partial charge in [0.1, 0.15) is 5.60 Å². The van der Waals surface area contributed by atoms with E-state index in [-0.39, 0.29) is 11.6 Å². The van der Waals surface area contributed by atoms with Crippen molar-refractivity contribution in [3.05, 3.63) is 35.9 Å². The van der Waals surface area contributed by atoms with Gasteiger partial charge in [0, 0.05) is 50.8 Å². The van der Waals surface area contributed by atoms with Gasteiger partial charge in [0.2, 0.25) is 0 Å². The number of likely N-dealkylation sites (tertiary alicyclic amines) is 1. The Labute approximate surface area is 177 Å². The molecule has 5 heteroatoms. The highest BCUT2D eigenvalue weighted by molar-refractivity contribution is 5.68. The maximum absolute atomic E-state index is 12.4. The quantitative estimate of drug-likeness (QED) is 0.750. The minimum Gasteiger partial charge on any atom is -0.444 e. The lowest BCUT2D eigenvalue weighted by atomic mass is 9.86. The van der Waals surface area contributed by atoms with Crippen molar-refractivity contribution in [3.8, 4) is 0 Å². The van der Waals surface area contributed by atoms with E-state index in [1.807, 2.05) is 25.7 Å². The number of carbonyl (C=O) groups excluding carboxylic acids is 1. The van der Waals surface area contributed by atoms with E-state index < -0.39 is 5.60 Å². The fourth-order valence-electron chi connectivity index (χ4n) is 4.61. The molecule has 162 valence electrons. The maximum Gasteiger partial charge on any atom is 0.410 e. The Hall–Kier alpha value is -1.59. The SMILES string of the molecule is CC[C@H]1CN(C2(C)CCN(C(=O)OC(C)(C)C)CC2)CCN1Cc1ccccc1. The van der Waals surface area contributed by atoms with Gasteiger partial charge < -0.3 is 9.64 Å². The van der Waals surface area contributed by atoms with Crippen molar-refractivity contribution >= 4 is 6.09 Å². The normalized spacial score (nSPS) is 23.8. The third-order valence-electron chi connectivity index (χ3n) is 6.56. The van der Waals surface area contributed by atoms with Crippen LogP contribution in [0.5, 0.6) is 0 Å². The molecule has 1 atom stereocenters. The second-order valence-corrected chi connectivity index (χ2v) is 9.93. The van der Waals surface area contributed by atoms with Crippen molar-refractivity contribution in [2.75, 3.05) is 32.7 Å². The van der Waals surface area contributed by atoms with Crippen LogP contribution in [0.15, 0.2) is 30.3 Å². The van der Waals surface area contributed by atoms with E-state index in [0.29, 0.717) is 6.04 Å². The first-order valence-corrected chi connectivity index (χ1v) is 11.2. The highest BCUT2D eigenvalue weighted by atomic mass is 16.6. The summed E-state index contributed by atoms with van der Waals surface area (Å²) in [4.78, 5) is 19.6. The van der Waals surface area contributed by atoms with Crippen LogP contribution < -0.4 is 0 Å². The van der Waals surface area contributed by atoms with Gasteiger partial charge in [-0.1, -0.05) is 37.3 Å². The first-order valence-electron chi connectivity index (χ1n) is 11.2. The summed E-state index contributed by atoms with van der Waals surface area (Å²) in [5.74, 6) is 0. The molecule has 0 unspecified atom stereocenters. The lowest BCUT2D eigenvalue weighted by Gasteiger charge is -2.52. The third-order valence-corrected chi connectivity index (χ3v) is 6.56. The zero-order valence-corrected chi connectivity index (χ0v) is 19.0. The Bertz CT molecular complexity index is 662.